The van der Waals surface area contributed by atoms with Crippen LogP contribution in [-0.4, -0.2) is 49.5 Å². The molecule has 3 rings (SSSR count). The van der Waals surface area contributed by atoms with Gasteiger partial charge in [0.2, 0.25) is 5.75 Å². The number of nitrogens with zero attached hydrogens (tertiary/aromatic N) is 1. The lowest BCUT2D eigenvalue weighted by Gasteiger charge is -2.22. The Labute approximate surface area is 176 Å². The van der Waals surface area contributed by atoms with E-state index in [1.807, 2.05) is 49.6 Å². The van der Waals surface area contributed by atoms with E-state index in [0.29, 0.717) is 55.7 Å². The summed E-state index contributed by atoms with van der Waals surface area (Å²) in [6.07, 6.45) is 2.56. The molecule has 1 amide bonds. The molecule has 1 unspecified atom stereocenters. The van der Waals surface area contributed by atoms with Crippen molar-refractivity contribution in [2.75, 3.05) is 38.7 Å². The Hall–Kier alpha value is -2.28. The molecule has 0 saturated carbocycles. The first-order valence-electron chi connectivity index (χ1n) is 10.2. The third kappa shape index (κ3) is 5.21. The molecule has 1 aliphatic heterocycles. The Morgan fingerprint density at radius 2 is 1.79 bits per heavy atom. The van der Waals surface area contributed by atoms with Crippen molar-refractivity contribution < 1.29 is 23.4 Å². The van der Waals surface area contributed by atoms with Gasteiger partial charge in [0.1, 0.15) is 5.76 Å². The molecule has 2 aromatic rings. The molecule has 7 heteroatoms. The quantitative estimate of drug-likeness (QED) is 0.613. The summed E-state index contributed by atoms with van der Waals surface area (Å²) in [5.41, 5.74) is 0.557. The number of carbonyl (C=O) groups is 1. The Balaban J connectivity index is 1.82. The highest BCUT2D eigenvalue weighted by molar-refractivity contribution is 7.99. The maximum atomic E-state index is 13.3. The van der Waals surface area contributed by atoms with Crippen LogP contribution in [0, 0.1) is 0 Å². The number of furan rings is 1. The van der Waals surface area contributed by atoms with E-state index >= 15 is 0 Å². The van der Waals surface area contributed by atoms with Gasteiger partial charge in [0, 0.05) is 24.4 Å². The van der Waals surface area contributed by atoms with Crippen molar-refractivity contribution in [1.82, 2.24) is 4.90 Å². The van der Waals surface area contributed by atoms with Gasteiger partial charge in [-0.3, -0.25) is 4.79 Å². The highest BCUT2D eigenvalue weighted by Gasteiger charge is 2.26. The van der Waals surface area contributed by atoms with Gasteiger partial charge in [0.05, 0.1) is 31.3 Å². The molecule has 1 aromatic carbocycles. The van der Waals surface area contributed by atoms with E-state index in [-0.39, 0.29) is 11.2 Å². The van der Waals surface area contributed by atoms with Crippen LogP contribution in [-0.2, 0) is 0 Å². The minimum atomic E-state index is -0.0179. The Bertz CT molecular complexity index is 766. The summed E-state index contributed by atoms with van der Waals surface area (Å²) in [7, 11) is 0. The van der Waals surface area contributed by atoms with Crippen molar-refractivity contribution in [1.29, 1.82) is 0 Å². The van der Waals surface area contributed by atoms with Gasteiger partial charge in [0.25, 0.3) is 5.91 Å². The van der Waals surface area contributed by atoms with Crippen molar-refractivity contribution in [2.24, 2.45) is 0 Å². The summed E-state index contributed by atoms with van der Waals surface area (Å²) in [6.45, 7) is 8.56. The summed E-state index contributed by atoms with van der Waals surface area (Å²) in [5.74, 6) is 3.46. The van der Waals surface area contributed by atoms with Crippen molar-refractivity contribution in [2.45, 2.75) is 32.4 Å². The van der Waals surface area contributed by atoms with Crippen molar-refractivity contribution in [3.63, 3.8) is 0 Å². The zero-order valence-corrected chi connectivity index (χ0v) is 18.1. The summed E-state index contributed by atoms with van der Waals surface area (Å²) in [6, 6.07) is 7.45. The first-order chi connectivity index (χ1) is 14.2. The molecular weight excluding hydrogens is 390 g/mol. The molecular formula is C22H29NO5S. The normalized spacial score (nSPS) is 16.9. The SMILES string of the molecule is CCOc1cc(C(=O)N2CCSC(c3ccco3)CC2)cc(OCC)c1OCC. The summed E-state index contributed by atoms with van der Waals surface area (Å²) in [4.78, 5) is 15.2. The zero-order valence-electron chi connectivity index (χ0n) is 17.3. The molecule has 1 saturated heterocycles. The number of amides is 1. The fraction of sp³-hybridized carbons (Fsp3) is 0.500. The highest BCUT2D eigenvalue weighted by Crippen LogP contribution is 2.40. The molecule has 6 nitrogen and oxygen atoms in total. The van der Waals surface area contributed by atoms with Crippen LogP contribution in [0.25, 0.3) is 0 Å². The minimum Gasteiger partial charge on any atom is -0.490 e. The number of thioether (sulfide) groups is 1. The fourth-order valence-corrected chi connectivity index (χ4v) is 4.55. The van der Waals surface area contributed by atoms with Gasteiger partial charge in [-0.15, -0.1) is 11.8 Å². The molecule has 2 heterocycles. The maximum Gasteiger partial charge on any atom is 0.254 e. The van der Waals surface area contributed by atoms with Gasteiger partial charge in [0.15, 0.2) is 11.5 Å². The number of carbonyl (C=O) groups excluding carboxylic acids is 1. The standard InChI is InChI=1S/C22H29NO5S/c1-4-25-18-14-16(15-19(26-5-2)21(18)27-6-3)22(24)23-10-9-20(29-13-11-23)17-8-7-12-28-17/h7-8,12,14-15,20H,4-6,9-11,13H2,1-3H3. The van der Waals surface area contributed by atoms with Crippen molar-refractivity contribution >= 4 is 17.7 Å². The Morgan fingerprint density at radius 1 is 1.10 bits per heavy atom. The summed E-state index contributed by atoms with van der Waals surface area (Å²) in [5, 5.41) is 0.279. The third-order valence-corrected chi connectivity index (χ3v) is 5.93. The van der Waals surface area contributed by atoms with Crippen LogP contribution in [0.15, 0.2) is 34.9 Å². The molecule has 0 N–H and O–H groups in total. The van der Waals surface area contributed by atoms with Gasteiger partial charge in [-0.2, -0.15) is 0 Å². The molecule has 158 valence electrons. The minimum absolute atomic E-state index is 0.0179. The number of hydrogen-bond acceptors (Lipinski definition) is 6. The second-order valence-electron chi connectivity index (χ2n) is 6.56. The highest BCUT2D eigenvalue weighted by atomic mass is 32.2. The summed E-state index contributed by atoms with van der Waals surface area (Å²) < 4.78 is 22.8. The number of benzene rings is 1. The van der Waals surface area contributed by atoms with E-state index in [2.05, 4.69) is 0 Å². The zero-order chi connectivity index (χ0) is 20.6. The smallest absolute Gasteiger partial charge is 0.254 e. The average molecular weight is 420 g/mol. The summed E-state index contributed by atoms with van der Waals surface area (Å²) >= 11 is 1.83. The Morgan fingerprint density at radius 3 is 2.38 bits per heavy atom. The Kier molecular flexibility index (Phi) is 7.75. The monoisotopic (exact) mass is 419 g/mol. The van der Waals surface area contributed by atoms with E-state index in [0.717, 1.165) is 17.9 Å². The van der Waals surface area contributed by atoms with E-state index in [4.69, 9.17) is 18.6 Å². The second kappa shape index (κ2) is 10.5. The van der Waals surface area contributed by atoms with Gasteiger partial charge in [-0.05, 0) is 51.5 Å². The predicted molar refractivity (Wildman–Crippen MR) is 114 cm³/mol. The number of rotatable bonds is 8. The van der Waals surface area contributed by atoms with Gasteiger partial charge >= 0.3 is 0 Å². The van der Waals surface area contributed by atoms with E-state index in [9.17, 15) is 4.79 Å². The van der Waals surface area contributed by atoms with E-state index in [1.165, 1.54) is 0 Å². The first kappa shape index (κ1) is 21.4. The number of ether oxygens (including phenoxy) is 3. The third-order valence-electron chi connectivity index (χ3n) is 4.65. The molecule has 0 aliphatic carbocycles. The predicted octanol–water partition coefficient (Wildman–Crippen LogP) is 4.80. The molecule has 1 atom stereocenters. The van der Waals surface area contributed by atoms with Gasteiger partial charge in [-0.25, -0.2) is 0 Å². The second-order valence-corrected chi connectivity index (χ2v) is 7.87. The van der Waals surface area contributed by atoms with Crippen molar-refractivity contribution in [3.8, 4) is 17.2 Å². The number of hydrogen-bond donors (Lipinski definition) is 0. The molecule has 1 aromatic heterocycles. The fourth-order valence-electron chi connectivity index (χ4n) is 3.37. The van der Waals surface area contributed by atoms with Crippen molar-refractivity contribution in [3.05, 3.63) is 41.9 Å². The van der Waals surface area contributed by atoms with E-state index < -0.39 is 0 Å². The molecule has 1 fully saturated rings. The maximum absolute atomic E-state index is 13.3. The topological polar surface area (TPSA) is 61.1 Å². The molecule has 29 heavy (non-hydrogen) atoms. The van der Waals surface area contributed by atoms with Gasteiger partial charge in [-0.1, -0.05) is 0 Å². The molecule has 0 bridgehead atoms. The van der Waals surface area contributed by atoms with Crippen LogP contribution in [0.1, 0.15) is 48.6 Å². The molecule has 1 aliphatic rings. The lowest BCUT2D eigenvalue weighted by Crippen LogP contribution is -2.33. The van der Waals surface area contributed by atoms with Crippen LogP contribution in [0.4, 0.5) is 0 Å². The van der Waals surface area contributed by atoms with Gasteiger partial charge < -0.3 is 23.5 Å². The lowest BCUT2D eigenvalue weighted by molar-refractivity contribution is 0.0765. The van der Waals surface area contributed by atoms with Crippen LogP contribution in [0.3, 0.4) is 0 Å². The van der Waals surface area contributed by atoms with Crippen LogP contribution in [0.5, 0.6) is 17.2 Å². The van der Waals surface area contributed by atoms with Crippen LogP contribution >= 0.6 is 11.8 Å². The molecule has 0 radical (unpaired) electrons. The largest absolute Gasteiger partial charge is 0.490 e. The van der Waals surface area contributed by atoms with Crippen LogP contribution < -0.4 is 14.2 Å². The first-order valence-corrected chi connectivity index (χ1v) is 11.2. The van der Waals surface area contributed by atoms with Crippen LogP contribution in [0.2, 0.25) is 0 Å². The average Bonchev–Trinajstić information content (AvgIpc) is 3.15. The molecule has 0 spiro atoms. The van der Waals surface area contributed by atoms with E-state index in [1.54, 1.807) is 18.4 Å². The lowest BCUT2D eigenvalue weighted by atomic mass is 10.1.